The monoisotopic (exact) mass is 384 g/mol. The number of halogens is 1. The van der Waals surface area contributed by atoms with Crippen molar-refractivity contribution >= 4 is 15.9 Å². The van der Waals surface area contributed by atoms with Gasteiger partial charge in [0.1, 0.15) is 5.75 Å². The molecule has 3 aromatic rings. The van der Waals surface area contributed by atoms with Crippen LogP contribution in [0.25, 0.3) is 11.3 Å². The van der Waals surface area contributed by atoms with Gasteiger partial charge in [-0.15, -0.1) is 0 Å². The average molecular weight is 385 g/mol. The van der Waals surface area contributed by atoms with E-state index < -0.39 is 0 Å². The van der Waals surface area contributed by atoms with E-state index >= 15 is 0 Å². The van der Waals surface area contributed by atoms with E-state index in [9.17, 15) is 0 Å². The topological polar surface area (TPSA) is 27.1 Å². The molecule has 1 heterocycles. The quantitative estimate of drug-likeness (QED) is 0.589. The van der Waals surface area contributed by atoms with Crippen LogP contribution in [0.4, 0.5) is 0 Å². The molecule has 2 aromatic carbocycles. The first-order valence-electron chi connectivity index (χ1n) is 8.15. The first kappa shape index (κ1) is 16.8. The minimum Gasteiger partial charge on any atom is -0.496 e. The molecule has 24 heavy (non-hydrogen) atoms. The van der Waals surface area contributed by atoms with Crippen molar-refractivity contribution in [3.8, 4) is 17.0 Å². The van der Waals surface area contributed by atoms with Crippen LogP contribution in [0.5, 0.6) is 5.75 Å². The number of hydrogen-bond donors (Lipinski definition) is 0. The molecule has 0 atom stereocenters. The lowest BCUT2D eigenvalue weighted by Crippen LogP contribution is -2.05. The fraction of sp³-hybridized carbons (Fsp3) is 0.250. The summed E-state index contributed by atoms with van der Waals surface area (Å²) in [5.41, 5.74) is 4.69. The highest BCUT2D eigenvalue weighted by Gasteiger charge is 2.14. The van der Waals surface area contributed by atoms with Crippen LogP contribution in [0.3, 0.4) is 0 Å². The first-order valence-corrected chi connectivity index (χ1v) is 8.94. The molecule has 0 spiro atoms. The molecule has 0 fully saturated rings. The van der Waals surface area contributed by atoms with Crippen LogP contribution in [-0.2, 0) is 19.4 Å². The predicted molar refractivity (Wildman–Crippen MR) is 101 cm³/mol. The van der Waals surface area contributed by atoms with Gasteiger partial charge in [0.05, 0.1) is 19.1 Å². The molecule has 0 bridgehead atoms. The van der Waals surface area contributed by atoms with Gasteiger partial charge in [-0.05, 0) is 30.5 Å². The number of nitrogens with zero attached hydrogens (tertiary/aromatic N) is 2. The second kappa shape index (κ2) is 7.67. The van der Waals surface area contributed by atoms with E-state index in [1.807, 2.05) is 30.6 Å². The molecule has 0 aliphatic heterocycles. The minimum atomic E-state index is 0.890. The Kier molecular flexibility index (Phi) is 5.36. The average Bonchev–Trinajstić information content (AvgIpc) is 3.03. The van der Waals surface area contributed by atoms with Gasteiger partial charge in [0, 0.05) is 22.3 Å². The zero-order valence-electron chi connectivity index (χ0n) is 14.0. The third-order valence-corrected chi connectivity index (χ3v) is 4.92. The van der Waals surface area contributed by atoms with Crippen LogP contribution in [-0.4, -0.2) is 16.7 Å². The molecule has 3 rings (SSSR count). The second-order valence-electron chi connectivity index (χ2n) is 5.63. The highest BCUT2D eigenvalue weighted by molar-refractivity contribution is 9.10. The van der Waals surface area contributed by atoms with Crippen molar-refractivity contribution < 1.29 is 4.74 Å². The Morgan fingerprint density at radius 2 is 1.83 bits per heavy atom. The standard InChI is InChI=1S/C20H21BrN2O/c1-3-18-20(16-9-5-6-10-17(16)21)22-14-23(18)13-12-15-8-4-7-11-19(15)24-2/h4-11,14H,3,12-13H2,1-2H3. The Morgan fingerprint density at radius 3 is 2.58 bits per heavy atom. The zero-order chi connectivity index (χ0) is 16.9. The smallest absolute Gasteiger partial charge is 0.122 e. The van der Waals surface area contributed by atoms with Gasteiger partial charge < -0.3 is 9.30 Å². The molecule has 0 aliphatic rings. The molecule has 0 saturated heterocycles. The summed E-state index contributed by atoms with van der Waals surface area (Å²) < 4.78 is 8.78. The maximum absolute atomic E-state index is 5.45. The summed E-state index contributed by atoms with van der Waals surface area (Å²) in [6, 6.07) is 16.4. The van der Waals surface area contributed by atoms with E-state index in [1.54, 1.807) is 7.11 Å². The third-order valence-electron chi connectivity index (χ3n) is 4.22. The third kappa shape index (κ3) is 3.39. The largest absolute Gasteiger partial charge is 0.496 e. The van der Waals surface area contributed by atoms with Crippen molar-refractivity contribution in [1.29, 1.82) is 0 Å². The van der Waals surface area contributed by atoms with Crippen LogP contribution in [0.15, 0.2) is 59.3 Å². The first-order chi connectivity index (χ1) is 11.7. The maximum atomic E-state index is 5.45. The van der Waals surface area contributed by atoms with Crippen LogP contribution >= 0.6 is 15.9 Å². The fourth-order valence-electron chi connectivity index (χ4n) is 3.00. The normalized spacial score (nSPS) is 10.8. The van der Waals surface area contributed by atoms with Gasteiger partial charge in [-0.1, -0.05) is 59.3 Å². The lowest BCUT2D eigenvalue weighted by atomic mass is 10.1. The number of imidazole rings is 1. The van der Waals surface area contributed by atoms with E-state index in [0.717, 1.165) is 40.9 Å². The van der Waals surface area contributed by atoms with Gasteiger partial charge in [-0.3, -0.25) is 0 Å². The Hall–Kier alpha value is -2.07. The van der Waals surface area contributed by atoms with Crippen molar-refractivity contribution in [3.63, 3.8) is 0 Å². The number of para-hydroxylation sites is 1. The number of aromatic nitrogens is 2. The molecule has 0 saturated carbocycles. The Bertz CT molecular complexity index is 826. The van der Waals surface area contributed by atoms with Crippen LogP contribution in [0, 0.1) is 0 Å². The molecule has 0 aliphatic carbocycles. The lowest BCUT2D eigenvalue weighted by molar-refractivity contribution is 0.408. The molecule has 0 radical (unpaired) electrons. The van der Waals surface area contributed by atoms with Gasteiger partial charge in [0.15, 0.2) is 0 Å². The van der Waals surface area contributed by atoms with Gasteiger partial charge in [-0.2, -0.15) is 0 Å². The van der Waals surface area contributed by atoms with Gasteiger partial charge in [0.2, 0.25) is 0 Å². The Balaban J connectivity index is 1.86. The molecule has 0 amide bonds. The van der Waals surface area contributed by atoms with Crippen molar-refractivity contribution in [1.82, 2.24) is 9.55 Å². The summed E-state index contributed by atoms with van der Waals surface area (Å²) in [6.45, 7) is 3.07. The molecule has 3 nitrogen and oxygen atoms in total. The van der Waals surface area contributed by atoms with Crippen molar-refractivity contribution in [2.24, 2.45) is 0 Å². The Morgan fingerprint density at radius 1 is 1.08 bits per heavy atom. The van der Waals surface area contributed by atoms with Gasteiger partial charge in [-0.25, -0.2) is 4.98 Å². The number of hydrogen-bond acceptors (Lipinski definition) is 2. The molecular formula is C20H21BrN2O. The fourth-order valence-corrected chi connectivity index (χ4v) is 3.47. The lowest BCUT2D eigenvalue weighted by Gasteiger charge is -2.11. The van der Waals surface area contributed by atoms with Gasteiger partial charge >= 0.3 is 0 Å². The molecule has 4 heteroatoms. The van der Waals surface area contributed by atoms with Crippen LogP contribution in [0.1, 0.15) is 18.2 Å². The van der Waals surface area contributed by atoms with Crippen LogP contribution in [0.2, 0.25) is 0 Å². The number of methoxy groups -OCH3 is 1. The highest BCUT2D eigenvalue weighted by Crippen LogP contribution is 2.30. The molecule has 124 valence electrons. The van der Waals surface area contributed by atoms with E-state index in [-0.39, 0.29) is 0 Å². The highest BCUT2D eigenvalue weighted by atomic mass is 79.9. The Labute approximate surface area is 151 Å². The molecular weight excluding hydrogens is 364 g/mol. The number of rotatable bonds is 6. The van der Waals surface area contributed by atoms with E-state index in [4.69, 9.17) is 4.74 Å². The van der Waals surface area contributed by atoms with Crippen molar-refractivity contribution in [2.75, 3.05) is 7.11 Å². The molecule has 0 unspecified atom stereocenters. The summed E-state index contributed by atoms with van der Waals surface area (Å²) in [6.07, 6.45) is 3.81. The SMILES string of the molecule is CCc1c(-c2ccccc2Br)ncn1CCc1ccccc1OC. The van der Waals surface area contributed by atoms with Crippen molar-refractivity contribution in [3.05, 3.63) is 70.6 Å². The summed E-state index contributed by atoms with van der Waals surface area (Å²) in [5.74, 6) is 0.946. The van der Waals surface area contributed by atoms with E-state index in [1.165, 1.54) is 11.3 Å². The van der Waals surface area contributed by atoms with Crippen molar-refractivity contribution in [2.45, 2.75) is 26.3 Å². The molecule has 0 N–H and O–H groups in total. The zero-order valence-corrected chi connectivity index (χ0v) is 15.6. The van der Waals surface area contributed by atoms with Crippen LogP contribution < -0.4 is 4.74 Å². The number of benzene rings is 2. The summed E-state index contributed by atoms with van der Waals surface area (Å²) in [5, 5.41) is 0. The second-order valence-corrected chi connectivity index (χ2v) is 6.48. The van der Waals surface area contributed by atoms with Gasteiger partial charge in [0.25, 0.3) is 0 Å². The number of ether oxygens (including phenoxy) is 1. The molecule has 1 aromatic heterocycles. The maximum Gasteiger partial charge on any atom is 0.122 e. The van der Waals surface area contributed by atoms with E-state index in [2.05, 4.69) is 56.7 Å². The summed E-state index contributed by atoms with van der Waals surface area (Å²) in [7, 11) is 1.72. The summed E-state index contributed by atoms with van der Waals surface area (Å²) >= 11 is 3.63. The predicted octanol–water partition coefficient (Wildman–Crippen LogP) is 5.13. The minimum absolute atomic E-state index is 0.890. The summed E-state index contributed by atoms with van der Waals surface area (Å²) in [4.78, 5) is 4.67. The van der Waals surface area contributed by atoms with E-state index in [0.29, 0.717) is 0 Å². The number of aryl methyl sites for hydroxylation is 2.